The minimum atomic E-state index is -0.891. The lowest BCUT2D eigenvalue weighted by Gasteiger charge is -2.36. The molecule has 2 atom stereocenters. The zero-order chi connectivity index (χ0) is 15.8. The smallest absolute Gasteiger partial charge is 0.347 e. The van der Waals surface area contributed by atoms with Gasteiger partial charge in [-0.1, -0.05) is 39.0 Å². The molecule has 21 heavy (non-hydrogen) atoms. The van der Waals surface area contributed by atoms with Crippen LogP contribution in [0, 0.1) is 5.92 Å². The highest BCUT2D eigenvalue weighted by Crippen LogP contribution is 2.35. The predicted molar refractivity (Wildman–Crippen MR) is 84.6 cm³/mol. The molecule has 5 nitrogen and oxygen atoms in total. The van der Waals surface area contributed by atoms with E-state index in [0.29, 0.717) is 16.5 Å². The maximum absolute atomic E-state index is 11.5. The lowest BCUT2D eigenvalue weighted by atomic mass is 9.91. The number of nitrogens with zero attached hydrogens (tertiary/aromatic N) is 2. The summed E-state index contributed by atoms with van der Waals surface area (Å²) in [6.45, 7) is 9.85. The third kappa shape index (κ3) is 3.37. The van der Waals surface area contributed by atoms with E-state index < -0.39 is 5.97 Å². The van der Waals surface area contributed by atoms with Gasteiger partial charge in [-0.15, -0.1) is 0 Å². The van der Waals surface area contributed by atoms with Crippen molar-refractivity contribution < 1.29 is 14.6 Å². The van der Waals surface area contributed by atoms with Crippen molar-refractivity contribution in [3.8, 4) is 0 Å². The van der Waals surface area contributed by atoms with Crippen molar-refractivity contribution in [1.29, 1.82) is 0 Å². The SMILES string of the molecule is COC1CN(c2nc(C(C)(C)C)c(C(=O)O)s2)CCC1C. The van der Waals surface area contributed by atoms with Gasteiger partial charge in [-0.2, -0.15) is 0 Å². The summed E-state index contributed by atoms with van der Waals surface area (Å²) in [4.78, 5) is 18.6. The largest absolute Gasteiger partial charge is 0.477 e. The Morgan fingerprint density at radius 3 is 2.62 bits per heavy atom. The molecule has 1 aromatic rings. The van der Waals surface area contributed by atoms with Crippen molar-refractivity contribution in [2.75, 3.05) is 25.1 Å². The number of rotatable bonds is 3. The number of methoxy groups -OCH3 is 1. The van der Waals surface area contributed by atoms with Crippen molar-refractivity contribution >= 4 is 22.4 Å². The first-order chi connectivity index (χ1) is 9.74. The fourth-order valence-electron chi connectivity index (χ4n) is 2.61. The Bertz CT molecular complexity index is 521. The number of carboxylic acid groups (broad SMARTS) is 1. The summed E-state index contributed by atoms with van der Waals surface area (Å²) in [5.41, 5.74) is 0.397. The van der Waals surface area contributed by atoms with Gasteiger partial charge in [0, 0.05) is 25.6 Å². The molecule has 1 aliphatic heterocycles. The molecule has 0 radical (unpaired) electrons. The van der Waals surface area contributed by atoms with Crippen LogP contribution in [0.1, 0.15) is 49.5 Å². The van der Waals surface area contributed by atoms with Crippen LogP contribution in [-0.4, -0.2) is 42.4 Å². The lowest BCUT2D eigenvalue weighted by molar-refractivity contribution is 0.0498. The molecule has 1 aromatic heterocycles. The van der Waals surface area contributed by atoms with Gasteiger partial charge in [-0.25, -0.2) is 9.78 Å². The normalized spacial score (nSPS) is 23.4. The average molecular weight is 312 g/mol. The molecular formula is C15H24N2O3S. The molecule has 0 aromatic carbocycles. The molecule has 0 amide bonds. The van der Waals surface area contributed by atoms with E-state index in [1.807, 2.05) is 20.8 Å². The van der Waals surface area contributed by atoms with Crippen molar-refractivity contribution in [3.05, 3.63) is 10.6 Å². The van der Waals surface area contributed by atoms with Crippen LogP contribution in [0.3, 0.4) is 0 Å². The van der Waals surface area contributed by atoms with E-state index in [-0.39, 0.29) is 11.5 Å². The monoisotopic (exact) mass is 312 g/mol. The molecule has 0 bridgehead atoms. The Labute approximate surface area is 129 Å². The van der Waals surface area contributed by atoms with Crippen LogP contribution in [0.25, 0.3) is 0 Å². The zero-order valence-corrected chi connectivity index (χ0v) is 14.2. The van der Waals surface area contributed by atoms with E-state index in [9.17, 15) is 9.90 Å². The number of aromatic nitrogens is 1. The number of hydrogen-bond donors (Lipinski definition) is 1. The summed E-state index contributed by atoms with van der Waals surface area (Å²) in [6, 6.07) is 0. The number of carbonyl (C=O) groups is 1. The topological polar surface area (TPSA) is 62.7 Å². The zero-order valence-electron chi connectivity index (χ0n) is 13.3. The van der Waals surface area contributed by atoms with E-state index in [1.165, 1.54) is 11.3 Å². The molecule has 0 aliphatic carbocycles. The van der Waals surface area contributed by atoms with Crippen molar-refractivity contribution in [2.45, 2.75) is 45.6 Å². The molecule has 1 N–H and O–H groups in total. The highest BCUT2D eigenvalue weighted by Gasteiger charge is 2.32. The average Bonchev–Trinajstić information content (AvgIpc) is 2.84. The quantitative estimate of drug-likeness (QED) is 0.929. The Morgan fingerprint density at radius 2 is 2.14 bits per heavy atom. The molecule has 0 spiro atoms. The Kier molecular flexibility index (Phi) is 4.58. The molecule has 6 heteroatoms. The minimum Gasteiger partial charge on any atom is -0.477 e. The van der Waals surface area contributed by atoms with Crippen LogP contribution in [0.5, 0.6) is 0 Å². The highest BCUT2D eigenvalue weighted by atomic mass is 32.1. The first-order valence-electron chi connectivity index (χ1n) is 7.26. The highest BCUT2D eigenvalue weighted by molar-refractivity contribution is 7.17. The van der Waals surface area contributed by atoms with Crippen molar-refractivity contribution in [1.82, 2.24) is 4.98 Å². The third-order valence-corrected chi connectivity index (χ3v) is 5.09. The van der Waals surface area contributed by atoms with Gasteiger partial charge in [0.05, 0.1) is 11.8 Å². The number of anilines is 1. The lowest BCUT2D eigenvalue weighted by Crippen LogP contribution is -2.43. The summed E-state index contributed by atoms with van der Waals surface area (Å²) in [7, 11) is 1.73. The van der Waals surface area contributed by atoms with Gasteiger partial charge in [0.25, 0.3) is 0 Å². The fourth-order valence-corrected chi connectivity index (χ4v) is 3.76. The molecular weight excluding hydrogens is 288 g/mol. The van der Waals surface area contributed by atoms with Crippen LogP contribution in [0.2, 0.25) is 0 Å². The van der Waals surface area contributed by atoms with E-state index >= 15 is 0 Å². The van der Waals surface area contributed by atoms with Gasteiger partial charge in [0.1, 0.15) is 4.88 Å². The first-order valence-corrected chi connectivity index (χ1v) is 8.08. The van der Waals surface area contributed by atoms with Crippen LogP contribution >= 0.6 is 11.3 Å². The van der Waals surface area contributed by atoms with E-state index in [0.717, 1.165) is 24.6 Å². The van der Waals surface area contributed by atoms with Crippen molar-refractivity contribution in [3.63, 3.8) is 0 Å². The maximum atomic E-state index is 11.5. The van der Waals surface area contributed by atoms with Gasteiger partial charge in [-0.05, 0) is 12.3 Å². The summed E-state index contributed by atoms with van der Waals surface area (Å²) < 4.78 is 5.53. The number of ether oxygens (including phenoxy) is 1. The second-order valence-electron chi connectivity index (χ2n) is 6.72. The number of hydrogen-bond acceptors (Lipinski definition) is 5. The Balaban J connectivity index is 2.31. The number of carboxylic acids is 1. The Hall–Kier alpha value is -1.14. The molecule has 1 aliphatic rings. The molecule has 2 unspecified atom stereocenters. The maximum Gasteiger partial charge on any atom is 0.347 e. The molecule has 118 valence electrons. The van der Waals surface area contributed by atoms with Crippen LogP contribution in [-0.2, 0) is 10.2 Å². The van der Waals surface area contributed by atoms with Crippen LogP contribution in [0.15, 0.2) is 0 Å². The second-order valence-corrected chi connectivity index (χ2v) is 7.69. The molecule has 2 rings (SSSR count). The summed E-state index contributed by atoms with van der Waals surface area (Å²) in [5.74, 6) is -0.371. The van der Waals surface area contributed by atoms with Gasteiger partial charge in [-0.3, -0.25) is 0 Å². The van der Waals surface area contributed by atoms with Gasteiger partial charge in [0.2, 0.25) is 0 Å². The summed E-state index contributed by atoms with van der Waals surface area (Å²) in [5, 5.41) is 10.2. The fraction of sp³-hybridized carbons (Fsp3) is 0.733. The summed E-state index contributed by atoms with van der Waals surface area (Å²) in [6.07, 6.45) is 1.21. The van der Waals surface area contributed by atoms with Gasteiger partial charge >= 0.3 is 5.97 Å². The Morgan fingerprint density at radius 1 is 1.48 bits per heavy atom. The molecule has 1 saturated heterocycles. The number of thiazole rings is 1. The second kappa shape index (κ2) is 5.93. The van der Waals surface area contributed by atoms with E-state index in [1.54, 1.807) is 7.11 Å². The first kappa shape index (κ1) is 16.2. The van der Waals surface area contributed by atoms with Crippen LogP contribution < -0.4 is 4.90 Å². The van der Waals surface area contributed by atoms with E-state index in [4.69, 9.17) is 4.74 Å². The molecule has 2 heterocycles. The van der Waals surface area contributed by atoms with Gasteiger partial charge < -0.3 is 14.7 Å². The van der Waals surface area contributed by atoms with E-state index in [2.05, 4.69) is 16.8 Å². The van der Waals surface area contributed by atoms with Gasteiger partial charge in [0.15, 0.2) is 5.13 Å². The third-order valence-electron chi connectivity index (χ3n) is 3.98. The number of piperidine rings is 1. The standard InChI is InChI=1S/C15H24N2O3S/c1-9-6-7-17(8-10(9)20-5)14-16-12(15(2,3)4)11(21-14)13(18)19/h9-10H,6-8H2,1-5H3,(H,18,19). The number of aromatic carboxylic acids is 1. The van der Waals surface area contributed by atoms with Crippen molar-refractivity contribution in [2.24, 2.45) is 5.92 Å². The minimum absolute atomic E-state index is 0.175. The van der Waals surface area contributed by atoms with Crippen LogP contribution in [0.4, 0.5) is 5.13 Å². The molecule has 1 fully saturated rings. The predicted octanol–water partition coefficient (Wildman–Crippen LogP) is 3.00. The molecule has 0 saturated carbocycles. The summed E-state index contributed by atoms with van der Waals surface area (Å²) >= 11 is 1.27.